The highest BCUT2D eigenvalue weighted by molar-refractivity contribution is 7.17. The maximum Gasteiger partial charge on any atom is 0.324 e. The Kier molecular flexibility index (Phi) is 6.64. The lowest BCUT2D eigenvalue weighted by atomic mass is 10.0. The number of nitrogens with two attached hydrogens (primary N) is 2. The topological polar surface area (TPSA) is 127 Å². The van der Waals surface area contributed by atoms with Crippen molar-refractivity contribution in [1.29, 1.82) is 0 Å². The van der Waals surface area contributed by atoms with Crippen LogP contribution in [0.4, 0.5) is 15.5 Å². The SMILES string of the molecule is C[N+]1(CCCC(N)=O)CCc2c(sc(NC(=O)Nc3ccc(Cl)cc3)c2C(N)=O)C1. The third kappa shape index (κ3) is 5.29. The number of halogens is 1. The zero-order valence-electron chi connectivity index (χ0n) is 16.7. The Morgan fingerprint density at radius 1 is 1.17 bits per heavy atom. The molecule has 1 aromatic carbocycles. The second-order valence-corrected chi connectivity index (χ2v) is 9.24. The summed E-state index contributed by atoms with van der Waals surface area (Å²) in [4.78, 5) is 36.6. The fraction of sp³-hybridized carbons (Fsp3) is 0.350. The summed E-state index contributed by atoms with van der Waals surface area (Å²) in [5.41, 5.74) is 12.7. The zero-order valence-corrected chi connectivity index (χ0v) is 18.2. The number of hydrogen-bond acceptors (Lipinski definition) is 4. The number of nitrogens with zero attached hydrogens (tertiary/aromatic N) is 1. The molecule has 160 valence electrons. The van der Waals surface area contributed by atoms with Gasteiger partial charge in [-0.05, 0) is 29.8 Å². The van der Waals surface area contributed by atoms with Crippen molar-refractivity contribution in [2.45, 2.75) is 25.8 Å². The van der Waals surface area contributed by atoms with Gasteiger partial charge in [0.25, 0.3) is 5.91 Å². The number of carbonyl (C=O) groups excluding carboxylic acids is 3. The molecule has 1 aliphatic heterocycles. The number of likely N-dealkylation sites (N-methyl/N-ethyl adjacent to an activating group) is 1. The normalized spacial score (nSPS) is 17.8. The first-order valence-corrected chi connectivity index (χ1v) is 10.8. The van der Waals surface area contributed by atoms with E-state index in [4.69, 9.17) is 23.1 Å². The average molecular weight is 451 g/mol. The van der Waals surface area contributed by atoms with E-state index in [0.29, 0.717) is 47.1 Å². The van der Waals surface area contributed by atoms with Crippen molar-refractivity contribution in [2.75, 3.05) is 30.8 Å². The van der Waals surface area contributed by atoms with E-state index in [1.807, 2.05) is 0 Å². The minimum atomic E-state index is -0.556. The molecule has 1 aromatic heterocycles. The summed E-state index contributed by atoms with van der Waals surface area (Å²) in [7, 11) is 2.12. The molecule has 1 aliphatic rings. The van der Waals surface area contributed by atoms with Crippen LogP contribution in [0.15, 0.2) is 24.3 Å². The number of fused-ring (bicyclic) bond motifs is 1. The first-order chi connectivity index (χ1) is 14.2. The van der Waals surface area contributed by atoms with Crippen molar-refractivity contribution in [3.05, 3.63) is 45.3 Å². The largest absolute Gasteiger partial charge is 0.370 e. The van der Waals surface area contributed by atoms with Gasteiger partial charge in [-0.3, -0.25) is 14.9 Å². The van der Waals surface area contributed by atoms with Crippen LogP contribution in [0.25, 0.3) is 0 Å². The highest BCUT2D eigenvalue weighted by Crippen LogP contribution is 2.38. The molecule has 3 rings (SSSR count). The summed E-state index contributed by atoms with van der Waals surface area (Å²) < 4.78 is 0.745. The van der Waals surface area contributed by atoms with Crippen LogP contribution in [0.2, 0.25) is 5.02 Å². The number of primary amides is 2. The van der Waals surface area contributed by atoms with Gasteiger partial charge in [-0.15, -0.1) is 11.3 Å². The van der Waals surface area contributed by atoms with E-state index in [1.54, 1.807) is 24.3 Å². The summed E-state index contributed by atoms with van der Waals surface area (Å²) in [5, 5.41) is 6.50. The number of quaternary nitrogens is 1. The van der Waals surface area contributed by atoms with E-state index in [9.17, 15) is 14.4 Å². The van der Waals surface area contributed by atoms with Crippen molar-refractivity contribution in [3.63, 3.8) is 0 Å². The highest BCUT2D eigenvalue weighted by atomic mass is 35.5. The van der Waals surface area contributed by atoms with Gasteiger partial charge >= 0.3 is 6.03 Å². The van der Waals surface area contributed by atoms with Crippen LogP contribution in [0.3, 0.4) is 0 Å². The predicted octanol–water partition coefficient (Wildman–Crippen LogP) is 2.91. The molecule has 0 radical (unpaired) electrons. The molecule has 4 amide bonds. The lowest BCUT2D eigenvalue weighted by molar-refractivity contribution is -0.924. The van der Waals surface area contributed by atoms with Crippen LogP contribution in [-0.2, 0) is 17.8 Å². The average Bonchev–Trinajstić information content (AvgIpc) is 2.99. The Balaban J connectivity index is 1.75. The minimum Gasteiger partial charge on any atom is -0.370 e. The molecule has 0 fully saturated rings. The smallest absolute Gasteiger partial charge is 0.324 e. The Morgan fingerprint density at radius 2 is 1.87 bits per heavy atom. The van der Waals surface area contributed by atoms with Crippen molar-refractivity contribution >= 4 is 51.5 Å². The van der Waals surface area contributed by atoms with E-state index in [0.717, 1.165) is 28.0 Å². The molecule has 2 heterocycles. The molecule has 8 nitrogen and oxygen atoms in total. The second-order valence-electron chi connectivity index (χ2n) is 7.70. The van der Waals surface area contributed by atoms with Gasteiger partial charge in [0.15, 0.2) is 0 Å². The Labute approximate surface area is 183 Å². The van der Waals surface area contributed by atoms with Gasteiger partial charge in [0.2, 0.25) is 5.91 Å². The molecule has 1 unspecified atom stereocenters. The van der Waals surface area contributed by atoms with Crippen molar-refractivity contribution in [3.8, 4) is 0 Å². The molecular formula is C20H25ClN5O3S+. The minimum absolute atomic E-state index is 0.301. The van der Waals surface area contributed by atoms with Gasteiger partial charge in [0, 0.05) is 30.0 Å². The number of urea groups is 1. The summed E-state index contributed by atoms with van der Waals surface area (Å²) in [5.74, 6) is -0.858. The van der Waals surface area contributed by atoms with Crippen molar-refractivity contribution < 1.29 is 18.9 Å². The van der Waals surface area contributed by atoms with E-state index >= 15 is 0 Å². The number of hydrogen-bond donors (Lipinski definition) is 4. The predicted molar refractivity (Wildman–Crippen MR) is 119 cm³/mol. The molecule has 0 saturated heterocycles. The summed E-state index contributed by atoms with van der Waals surface area (Å²) in [6, 6.07) is 6.26. The van der Waals surface area contributed by atoms with Crippen molar-refractivity contribution in [2.24, 2.45) is 11.5 Å². The van der Waals surface area contributed by atoms with Gasteiger partial charge in [0.1, 0.15) is 11.5 Å². The number of benzene rings is 1. The summed E-state index contributed by atoms with van der Waals surface area (Å²) >= 11 is 7.23. The second kappa shape index (κ2) is 9.03. The van der Waals surface area contributed by atoms with Crippen LogP contribution in [0.5, 0.6) is 0 Å². The quantitative estimate of drug-likeness (QED) is 0.484. The first-order valence-electron chi connectivity index (χ1n) is 9.56. The third-order valence-corrected chi connectivity index (χ3v) is 6.60. The van der Waals surface area contributed by atoms with Gasteiger partial charge in [-0.2, -0.15) is 0 Å². The Bertz CT molecular complexity index is 976. The lowest BCUT2D eigenvalue weighted by Crippen LogP contribution is -2.48. The Hall–Kier alpha value is -2.62. The van der Waals surface area contributed by atoms with Crippen LogP contribution < -0.4 is 22.1 Å². The Morgan fingerprint density at radius 3 is 2.50 bits per heavy atom. The van der Waals surface area contributed by atoms with Gasteiger partial charge in [0.05, 0.1) is 30.6 Å². The first kappa shape index (κ1) is 22.1. The van der Waals surface area contributed by atoms with Crippen molar-refractivity contribution in [1.82, 2.24) is 0 Å². The van der Waals surface area contributed by atoms with E-state index < -0.39 is 11.9 Å². The number of amides is 4. The van der Waals surface area contributed by atoms with Crippen LogP contribution in [0, 0.1) is 0 Å². The number of carbonyl (C=O) groups is 3. The molecule has 1 atom stereocenters. The van der Waals surface area contributed by atoms with E-state index in [1.165, 1.54) is 11.3 Å². The number of anilines is 2. The van der Waals surface area contributed by atoms with Crippen LogP contribution in [0.1, 0.15) is 33.6 Å². The van der Waals surface area contributed by atoms with Gasteiger partial charge in [-0.1, -0.05) is 11.6 Å². The molecule has 0 aliphatic carbocycles. The molecule has 2 aromatic rings. The fourth-order valence-electron chi connectivity index (χ4n) is 3.69. The van der Waals surface area contributed by atoms with Crippen LogP contribution >= 0.6 is 22.9 Å². The van der Waals surface area contributed by atoms with E-state index in [2.05, 4.69) is 17.7 Å². The summed E-state index contributed by atoms with van der Waals surface area (Å²) in [6.07, 6.45) is 1.75. The fourth-order valence-corrected chi connectivity index (χ4v) is 5.23. The molecule has 0 spiro atoms. The number of nitrogens with one attached hydrogen (secondary N) is 2. The highest BCUT2D eigenvalue weighted by Gasteiger charge is 2.34. The molecule has 0 saturated carbocycles. The number of rotatable bonds is 7. The molecule has 10 heteroatoms. The summed E-state index contributed by atoms with van der Waals surface area (Å²) in [6.45, 7) is 2.34. The standard InChI is InChI=1S/C20H24ClN5O3S/c1-26(9-2-3-16(22)27)10-8-14-15(11-26)30-19(17(14)18(23)28)25-20(29)24-13-6-4-12(21)5-7-13/h4-7H,2-3,8-11H2,1H3,(H5-,22,23,24,25,27,28,29)/p+1. The molecule has 6 N–H and O–H groups in total. The number of thiophene rings is 1. The lowest BCUT2D eigenvalue weighted by Gasteiger charge is -2.37. The maximum atomic E-state index is 12.4. The van der Waals surface area contributed by atoms with Gasteiger partial charge in [-0.25, -0.2) is 4.79 Å². The third-order valence-electron chi connectivity index (χ3n) is 5.21. The van der Waals surface area contributed by atoms with Gasteiger partial charge < -0.3 is 21.3 Å². The monoisotopic (exact) mass is 450 g/mol. The maximum absolute atomic E-state index is 12.4. The molecule has 0 bridgehead atoms. The molecule has 30 heavy (non-hydrogen) atoms. The molecular weight excluding hydrogens is 426 g/mol. The van der Waals surface area contributed by atoms with Crippen LogP contribution in [-0.4, -0.2) is 42.5 Å². The van der Waals surface area contributed by atoms with E-state index in [-0.39, 0.29) is 5.91 Å². The zero-order chi connectivity index (χ0) is 21.9.